The standard InChI is InChI=1S/C22H23N5O5S/c1-2-32-22(29)27-13-11-26(12-14-27)21(28)17-8-9-19(24-15-17)25-33(30,31)18-7-3-5-16-6-4-10-23-20(16)18/h3-10,15H,2,11-14H2,1H3,(H,24,25). The second kappa shape index (κ2) is 9.41. The van der Waals surface area contributed by atoms with Gasteiger partial charge in [0, 0.05) is 44.0 Å². The highest BCUT2D eigenvalue weighted by atomic mass is 32.2. The summed E-state index contributed by atoms with van der Waals surface area (Å²) in [5.41, 5.74) is 0.690. The van der Waals surface area contributed by atoms with Gasteiger partial charge in [0.05, 0.1) is 17.7 Å². The number of nitrogens with one attached hydrogen (secondary N) is 1. The number of rotatable bonds is 5. The molecule has 2 amide bonds. The number of nitrogens with zero attached hydrogens (tertiary/aromatic N) is 4. The van der Waals surface area contributed by atoms with E-state index in [9.17, 15) is 18.0 Å². The molecule has 11 heteroatoms. The number of amides is 2. The van der Waals surface area contributed by atoms with Crippen molar-refractivity contribution in [3.63, 3.8) is 0 Å². The average molecular weight is 470 g/mol. The van der Waals surface area contributed by atoms with Gasteiger partial charge >= 0.3 is 6.09 Å². The number of piperazine rings is 1. The molecule has 0 aliphatic carbocycles. The second-order valence-corrected chi connectivity index (χ2v) is 9.00. The van der Waals surface area contributed by atoms with E-state index in [-0.39, 0.29) is 22.7 Å². The highest BCUT2D eigenvalue weighted by Crippen LogP contribution is 2.23. The van der Waals surface area contributed by atoms with E-state index in [2.05, 4.69) is 14.7 Å². The maximum absolute atomic E-state index is 12.9. The fraction of sp³-hybridized carbons (Fsp3) is 0.273. The normalized spacial score (nSPS) is 14.2. The van der Waals surface area contributed by atoms with Crippen molar-refractivity contribution in [3.05, 3.63) is 60.4 Å². The lowest BCUT2D eigenvalue weighted by Crippen LogP contribution is -2.50. The Kier molecular flexibility index (Phi) is 6.40. The van der Waals surface area contributed by atoms with Gasteiger partial charge in [-0.1, -0.05) is 18.2 Å². The lowest BCUT2D eigenvalue weighted by molar-refractivity contribution is 0.0570. The molecule has 0 radical (unpaired) electrons. The first-order chi connectivity index (χ1) is 15.9. The van der Waals surface area contributed by atoms with E-state index >= 15 is 0 Å². The minimum atomic E-state index is -3.93. The number of carbonyl (C=O) groups is 2. The molecule has 0 spiro atoms. The van der Waals surface area contributed by atoms with Crippen LogP contribution in [-0.2, 0) is 14.8 Å². The lowest BCUT2D eigenvalue weighted by atomic mass is 10.2. The van der Waals surface area contributed by atoms with Crippen LogP contribution in [0, 0.1) is 0 Å². The van der Waals surface area contributed by atoms with Crippen molar-refractivity contribution >= 4 is 38.7 Å². The van der Waals surface area contributed by atoms with Gasteiger partial charge in [-0.05, 0) is 31.2 Å². The largest absolute Gasteiger partial charge is 0.450 e. The third-order valence-corrected chi connectivity index (χ3v) is 6.61. The Bertz CT molecular complexity index is 1270. The van der Waals surface area contributed by atoms with Gasteiger partial charge in [0.1, 0.15) is 10.7 Å². The molecule has 172 valence electrons. The van der Waals surface area contributed by atoms with Gasteiger partial charge in [-0.3, -0.25) is 14.5 Å². The fourth-order valence-corrected chi connectivity index (χ4v) is 4.74. The maximum Gasteiger partial charge on any atom is 0.409 e. The Morgan fingerprint density at radius 2 is 1.73 bits per heavy atom. The van der Waals surface area contributed by atoms with E-state index in [1.165, 1.54) is 30.6 Å². The Morgan fingerprint density at radius 1 is 1.00 bits per heavy atom. The van der Waals surface area contributed by atoms with Crippen molar-refractivity contribution in [2.75, 3.05) is 37.5 Å². The molecule has 4 rings (SSSR count). The molecule has 33 heavy (non-hydrogen) atoms. The number of para-hydroxylation sites is 1. The quantitative estimate of drug-likeness (QED) is 0.609. The molecular formula is C22H23N5O5S. The van der Waals surface area contributed by atoms with Crippen LogP contribution >= 0.6 is 0 Å². The van der Waals surface area contributed by atoms with E-state index < -0.39 is 10.0 Å². The van der Waals surface area contributed by atoms with E-state index in [1.807, 2.05) is 0 Å². The van der Waals surface area contributed by atoms with Gasteiger partial charge < -0.3 is 14.5 Å². The fourth-order valence-electron chi connectivity index (χ4n) is 3.56. The smallest absolute Gasteiger partial charge is 0.409 e. The minimum absolute atomic E-state index is 0.0435. The molecule has 0 atom stereocenters. The molecular weight excluding hydrogens is 446 g/mol. The summed E-state index contributed by atoms with van der Waals surface area (Å²) >= 11 is 0. The molecule has 1 aliphatic heterocycles. The van der Waals surface area contributed by atoms with E-state index in [0.717, 1.165) is 0 Å². The Balaban J connectivity index is 1.43. The Hall–Kier alpha value is -3.73. The zero-order chi connectivity index (χ0) is 23.4. The minimum Gasteiger partial charge on any atom is -0.450 e. The summed E-state index contributed by atoms with van der Waals surface area (Å²) in [5, 5.41) is 0.706. The molecule has 3 heterocycles. The first kappa shape index (κ1) is 22.5. The maximum atomic E-state index is 12.9. The number of carbonyl (C=O) groups excluding carboxylic acids is 2. The highest BCUT2D eigenvalue weighted by Gasteiger charge is 2.26. The van der Waals surface area contributed by atoms with Crippen LogP contribution in [0.4, 0.5) is 10.6 Å². The van der Waals surface area contributed by atoms with Crippen molar-refractivity contribution < 1.29 is 22.7 Å². The summed E-state index contributed by atoms with van der Waals surface area (Å²) < 4.78 is 33.2. The number of ether oxygens (including phenoxy) is 1. The monoisotopic (exact) mass is 469 g/mol. The van der Waals surface area contributed by atoms with Crippen LogP contribution in [0.5, 0.6) is 0 Å². The summed E-state index contributed by atoms with van der Waals surface area (Å²) in [6.07, 6.45) is 2.48. The molecule has 2 aromatic heterocycles. The summed E-state index contributed by atoms with van der Waals surface area (Å²) in [5.74, 6) is -0.148. The number of benzene rings is 1. The van der Waals surface area contributed by atoms with E-state index in [0.29, 0.717) is 49.3 Å². The third kappa shape index (κ3) is 4.87. The van der Waals surface area contributed by atoms with Crippen LogP contribution in [0.25, 0.3) is 10.9 Å². The summed E-state index contributed by atoms with van der Waals surface area (Å²) in [4.78, 5) is 36.1. The van der Waals surface area contributed by atoms with Crippen molar-refractivity contribution in [1.82, 2.24) is 19.8 Å². The summed E-state index contributed by atoms with van der Waals surface area (Å²) in [7, 11) is -3.93. The van der Waals surface area contributed by atoms with Gasteiger partial charge in [0.2, 0.25) is 0 Å². The van der Waals surface area contributed by atoms with Crippen molar-refractivity contribution in [2.24, 2.45) is 0 Å². The number of aromatic nitrogens is 2. The predicted molar refractivity (Wildman–Crippen MR) is 121 cm³/mol. The topological polar surface area (TPSA) is 122 Å². The molecule has 1 aliphatic rings. The number of pyridine rings is 2. The number of sulfonamides is 1. The first-order valence-electron chi connectivity index (χ1n) is 10.4. The molecule has 3 aromatic rings. The third-order valence-electron chi connectivity index (χ3n) is 5.23. The van der Waals surface area contributed by atoms with Gasteiger partial charge in [-0.2, -0.15) is 0 Å². The Labute approximate surface area is 191 Å². The first-order valence-corrected chi connectivity index (χ1v) is 11.9. The molecule has 1 fully saturated rings. The summed E-state index contributed by atoms with van der Waals surface area (Å²) in [6, 6.07) is 11.4. The van der Waals surface area contributed by atoms with Gasteiger partial charge in [0.25, 0.3) is 15.9 Å². The molecule has 1 N–H and O–H groups in total. The number of fused-ring (bicyclic) bond motifs is 1. The number of hydrogen-bond donors (Lipinski definition) is 1. The molecule has 10 nitrogen and oxygen atoms in total. The van der Waals surface area contributed by atoms with Crippen molar-refractivity contribution in [2.45, 2.75) is 11.8 Å². The van der Waals surface area contributed by atoms with Crippen LogP contribution < -0.4 is 4.72 Å². The summed E-state index contributed by atoms with van der Waals surface area (Å²) in [6.45, 7) is 3.56. The van der Waals surface area contributed by atoms with Crippen LogP contribution in [0.1, 0.15) is 17.3 Å². The van der Waals surface area contributed by atoms with Crippen LogP contribution in [0.15, 0.2) is 59.8 Å². The average Bonchev–Trinajstić information content (AvgIpc) is 2.84. The molecule has 1 aromatic carbocycles. The number of anilines is 1. The molecule has 1 saturated heterocycles. The van der Waals surface area contributed by atoms with E-state index in [1.54, 1.807) is 41.0 Å². The van der Waals surface area contributed by atoms with Crippen molar-refractivity contribution in [1.29, 1.82) is 0 Å². The second-order valence-electron chi connectivity index (χ2n) is 7.35. The van der Waals surface area contributed by atoms with Crippen LogP contribution in [0.2, 0.25) is 0 Å². The molecule has 0 unspecified atom stereocenters. The van der Waals surface area contributed by atoms with Gasteiger partial charge in [0.15, 0.2) is 0 Å². The zero-order valence-electron chi connectivity index (χ0n) is 18.0. The Morgan fingerprint density at radius 3 is 2.42 bits per heavy atom. The van der Waals surface area contributed by atoms with Gasteiger partial charge in [-0.15, -0.1) is 0 Å². The van der Waals surface area contributed by atoms with Gasteiger partial charge in [-0.25, -0.2) is 18.2 Å². The SMILES string of the molecule is CCOC(=O)N1CCN(C(=O)c2ccc(NS(=O)(=O)c3cccc4cccnc34)nc2)CC1. The predicted octanol–water partition coefficient (Wildman–Crippen LogP) is 2.34. The van der Waals surface area contributed by atoms with Crippen LogP contribution in [0.3, 0.4) is 0 Å². The highest BCUT2D eigenvalue weighted by molar-refractivity contribution is 7.93. The lowest BCUT2D eigenvalue weighted by Gasteiger charge is -2.34. The number of hydrogen-bond acceptors (Lipinski definition) is 7. The van der Waals surface area contributed by atoms with Crippen LogP contribution in [-0.4, -0.2) is 73.0 Å². The molecule has 0 saturated carbocycles. The van der Waals surface area contributed by atoms with Crippen molar-refractivity contribution in [3.8, 4) is 0 Å². The zero-order valence-corrected chi connectivity index (χ0v) is 18.8. The van der Waals surface area contributed by atoms with E-state index in [4.69, 9.17) is 4.74 Å². The molecule has 0 bridgehead atoms.